The highest BCUT2D eigenvalue weighted by molar-refractivity contribution is 5.84. The van der Waals surface area contributed by atoms with Gasteiger partial charge in [-0.2, -0.15) is 0 Å². The van der Waals surface area contributed by atoms with Gasteiger partial charge in [0.25, 0.3) is 5.91 Å². The van der Waals surface area contributed by atoms with Gasteiger partial charge in [-0.25, -0.2) is 0 Å². The van der Waals surface area contributed by atoms with Crippen molar-refractivity contribution in [1.29, 1.82) is 0 Å². The van der Waals surface area contributed by atoms with Crippen molar-refractivity contribution in [1.82, 2.24) is 10.3 Å². The fourth-order valence-corrected chi connectivity index (χ4v) is 2.80. The van der Waals surface area contributed by atoms with Crippen molar-refractivity contribution < 1.29 is 14.3 Å². The van der Waals surface area contributed by atoms with Crippen molar-refractivity contribution in [3.63, 3.8) is 0 Å². The van der Waals surface area contributed by atoms with Crippen LogP contribution in [-0.4, -0.2) is 29.5 Å². The molecule has 0 aliphatic heterocycles. The molecule has 0 bridgehead atoms. The van der Waals surface area contributed by atoms with Gasteiger partial charge in [0.15, 0.2) is 6.61 Å². The largest absolute Gasteiger partial charge is 0.456 e. The van der Waals surface area contributed by atoms with Crippen molar-refractivity contribution in [2.24, 2.45) is 5.92 Å². The average Bonchev–Trinajstić information content (AvgIpc) is 3.32. The quantitative estimate of drug-likeness (QED) is 0.772. The molecule has 1 atom stereocenters. The van der Waals surface area contributed by atoms with Crippen LogP contribution < -0.4 is 5.32 Å². The van der Waals surface area contributed by atoms with Gasteiger partial charge in [0, 0.05) is 29.6 Å². The molecule has 122 valence electrons. The SMILES string of the molecule is C[C@H](NC(=O)COC(=O)CCc1c[nH]c2ccccc12)C1CC1. The van der Waals surface area contributed by atoms with Crippen molar-refractivity contribution in [2.45, 2.75) is 38.6 Å². The van der Waals surface area contributed by atoms with E-state index in [1.807, 2.05) is 37.4 Å². The van der Waals surface area contributed by atoms with Gasteiger partial charge in [-0.1, -0.05) is 18.2 Å². The Bertz CT molecular complexity index is 703. The van der Waals surface area contributed by atoms with Crippen LogP contribution in [0.4, 0.5) is 0 Å². The van der Waals surface area contributed by atoms with Crippen LogP contribution in [0.2, 0.25) is 0 Å². The highest BCUT2D eigenvalue weighted by atomic mass is 16.5. The minimum Gasteiger partial charge on any atom is -0.456 e. The molecule has 1 fully saturated rings. The van der Waals surface area contributed by atoms with E-state index in [0.717, 1.165) is 16.5 Å². The number of hydrogen-bond acceptors (Lipinski definition) is 3. The van der Waals surface area contributed by atoms with E-state index in [2.05, 4.69) is 10.3 Å². The van der Waals surface area contributed by atoms with Gasteiger partial charge in [0.1, 0.15) is 0 Å². The van der Waals surface area contributed by atoms with Gasteiger partial charge in [-0.05, 0) is 43.7 Å². The van der Waals surface area contributed by atoms with Crippen LogP contribution in [0.3, 0.4) is 0 Å². The van der Waals surface area contributed by atoms with E-state index in [9.17, 15) is 9.59 Å². The third-order valence-electron chi connectivity index (χ3n) is 4.36. The summed E-state index contributed by atoms with van der Waals surface area (Å²) in [7, 11) is 0. The number of amides is 1. The van der Waals surface area contributed by atoms with E-state index in [4.69, 9.17) is 4.74 Å². The van der Waals surface area contributed by atoms with Crippen LogP contribution in [0.25, 0.3) is 10.9 Å². The molecular weight excluding hydrogens is 292 g/mol. The number of H-pyrrole nitrogens is 1. The fraction of sp³-hybridized carbons (Fsp3) is 0.444. The normalized spacial score (nSPS) is 15.3. The summed E-state index contributed by atoms with van der Waals surface area (Å²) in [5.74, 6) is 0.0332. The summed E-state index contributed by atoms with van der Waals surface area (Å²) in [6, 6.07) is 8.15. The lowest BCUT2D eigenvalue weighted by molar-refractivity contribution is -0.148. The van der Waals surface area contributed by atoms with Gasteiger partial charge in [-0.15, -0.1) is 0 Å². The number of aromatic nitrogens is 1. The van der Waals surface area contributed by atoms with Gasteiger partial charge < -0.3 is 15.0 Å². The molecule has 0 spiro atoms. The maximum atomic E-state index is 11.8. The zero-order valence-corrected chi connectivity index (χ0v) is 13.3. The predicted molar refractivity (Wildman–Crippen MR) is 87.9 cm³/mol. The molecule has 1 amide bonds. The second-order valence-corrected chi connectivity index (χ2v) is 6.21. The van der Waals surface area contributed by atoms with E-state index in [1.54, 1.807) is 0 Å². The molecule has 3 rings (SSSR count). The minimum atomic E-state index is -0.343. The van der Waals surface area contributed by atoms with E-state index in [0.29, 0.717) is 12.3 Å². The minimum absolute atomic E-state index is 0.174. The van der Waals surface area contributed by atoms with Crippen molar-refractivity contribution in [3.8, 4) is 0 Å². The fourth-order valence-electron chi connectivity index (χ4n) is 2.80. The smallest absolute Gasteiger partial charge is 0.306 e. The number of fused-ring (bicyclic) bond motifs is 1. The lowest BCUT2D eigenvalue weighted by Crippen LogP contribution is -2.37. The van der Waals surface area contributed by atoms with E-state index in [1.165, 1.54) is 12.8 Å². The number of aryl methyl sites for hydroxylation is 1. The summed E-state index contributed by atoms with van der Waals surface area (Å²) in [6.07, 6.45) is 5.13. The Morgan fingerprint density at radius 1 is 1.35 bits per heavy atom. The lowest BCUT2D eigenvalue weighted by atomic mass is 10.1. The summed E-state index contributed by atoms with van der Waals surface area (Å²) in [4.78, 5) is 26.7. The highest BCUT2D eigenvalue weighted by Gasteiger charge is 2.28. The molecule has 2 N–H and O–H groups in total. The molecule has 1 saturated carbocycles. The van der Waals surface area contributed by atoms with E-state index >= 15 is 0 Å². The molecule has 0 saturated heterocycles. The maximum absolute atomic E-state index is 11.8. The number of rotatable bonds is 7. The lowest BCUT2D eigenvalue weighted by Gasteiger charge is -2.12. The van der Waals surface area contributed by atoms with Gasteiger partial charge in [0.2, 0.25) is 0 Å². The highest BCUT2D eigenvalue weighted by Crippen LogP contribution is 2.32. The summed E-state index contributed by atoms with van der Waals surface area (Å²) >= 11 is 0. The Morgan fingerprint density at radius 2 is 2.13 bits per heavy atom. The molecule has 1 heterocycles. The molecular formula is C18H22N2O3. The first-order chi connectivity index (χ1) is 11.1. The Labute approximate surface area is 135 Å². The van der Waals surface area contributed by atoms with Crippen molar-refractivity contribution in [3.05, 3.63) is 36.0 Å². The van der Waals surface area contributed by atoms with Gasteiger partial charge in [0.05, 0.1) is 0 Å². The Hall–Kier alpha value is -2.30. The second kappa shape index (κ2) is 6.86. The first-order valence-corrected chi connectivity index (χ1v) is 8.13. The van der Waals surface area contributed by atoms with Crippen molar-refractivity contribution >= 4 is 22.8 Å². The summed E-state index contributed by atoms with van der Waals surface area (Å²) in [5.41, 5.74) is 2.15. The van der Waals surface area contributed by atoms with Crippen LogP contribution in [0.15, 0.2) is 30.5 Å². The Kier molecular flexibility index (Phi) is 4.65. The molecule has 1 aromatic carbocycles. The summed E-state index contributed by atoms with van der Waals surface area (Å²) in [6.45, 7) is 1.80. The average molecular weight is 314 g/mol. The number of nitrogens with one attached hydrogen (secondary N) is 2. The van der Waals surface area contributed by atoms with Crippen LogP contribution in [0.1, 0.15) is 31.7 Å². The number of aromatic amines is 1. The maximum Gasteiger partial charge on any atom is 0.306 e. The number of esters is 1. The molecule has 2 aromatic rings. The molecule has 5 nitrogen and oxygen atoms in total. The molecule has 0 unspecified atom stereocenters. The summed E-state index contributed by atoms with van der Waals surface area (Å²) < 4.78 is 5.05. The molecule has 0 radical (unpaired) electrons. The topological polar surface area (TPSA) is 71.2 Å². The van der Waals surface area contributed by atoms with E-state index < -0.39 is 0 Å². The van der Waals surface area contributed by atoms with Crippen LogP contribution in [0.5, 0.6) is 0 Å². The van der Waals surface area contributed by atoms with Crippen LogP contribution in [0, 0.1) is 5.92 Å². The van der Waals surface area contributed by atoms with E-state index in [-0.39, 0.29) is 30.9 Å². The Morgan fingerprint density at radius 3 is 2.91 bits per heavy atom. The first-order valence-electron chi connectivity index (χ1n) is 8.13. The number of hydrogen-bond donors (Lipinski definition) is 2. The molecule has 1 aromatic heterocycles. The zero-order valence-electron chi connectivity index (χ0n) is 13.3. The molecule has 5 heteroatoms. The number of para-hydroxylation sites is 1. The Balaban J connectivity index is 1.41. The van der Waals surface area contributed by atoms with Crippen LogP contribution in [-0.2, 0) is 20.7 Å². The third-order valence-corrected chi connectivity index (χ3v) is 4.36. The monoisotopic (exact) mass is 314 g/mol. The first kappa shape index (κ1) is 15.6. The standard InChI is InChI=1S/C18H22N2O3/c1-12(13-6-7-13)20-17(21)11-23-18(22)9-8-14-10-19-16-5-3-2-4-15(14)16/h2-5,10,12-13,19H,6-9,11H2,1H3,(H,20,21)/t12-/m0/s1. The van der Waals surface area contributed by atoms with Crippen LogP contribution >= 0.6 is 0 Å². The molecule has 1 aliphatic rings. The second-order valence-electron chi connectivity index (χ2n) is 6.21. The molecule has 1 aliphatic carbocycles. The number of carbonyl (C=O) groups is 2. The predicted octanol–water partition coefficient (Wildman–Crippen LogP) is 2.56. The number of carbonyl (C=O) groups excluding carboxylic acids is 2. The number of benzene rings is 1. The summed E-state index contributed by atoms with van der Waals surface area (Å²) in [5, 5.41) is 3.99. The molecule has 23 heavy (non-hydrogen) atoms. The zero-order chi connectivity index (χ0) is 16.2. The van der Waals surface area contributed by atoms with Crippen molar-refractivity contribution in [2.75, 3.05) is 6.61 Å². The van der Waals surface area contributed by atoms with Gasteiger partial charge in [-0.3, -0.25) is 9.59 Å². The number of ether oxygens (including phenoxy) is 1. The third kappa shape index (κ3) is 4.12. The van der Waals surface area contributed by atoms with Gasteiger partial charge >= 0.3 is 5.97 Å².